The van der Waals surface area contributed by atoms with E-state index in [0.29, 0.717) is 6.42 Å². The minimum absolute atomic E-state index is 0.234. The molecule has 1 N–H and O–H groups in total. The van der Waals surface area contributed by atoms with Crippen molar-refractivity contribution >= 4 is 5.78 Å². The van der Waals surface area contributed by atoms with Crippen LogP contribution in [-0.2, 0) is 23.1 Å². The molecule has 1 aliphatic rings. The lowest BCUT2D eigenvalue weighted by Gasteiger charge is -2.29. The van der Waals surface area contributed by atoms with Gasteiger partial charge in [0.2, 0.25) is 0 Å². The van der Waals surface area contributed by atoms with E-state index in [9.17, 15) is 4.79 Å². The summed E-state index contributed by atoms with van der Waals surface area (Å²) in [5.74, 6) is 0.234. The molecule has 0 saturated heterocycles. The molecule has 0 amide bonds. The van der Waals surface area contributed by atoms with E-state index in [-0.39, 0.29) is 5.78 Å². The van der Waals surface area contributed by atoms with E-state index in [1.165, 1.54) is 22.3 Å². The van der Waals surface area contributed by atoms with E-state index in [4.69, 9.17) is 5.11 Å². The first-order valence-electron chi connectivity index (χ1n) is 9.58. The van der Waals surface area contributed by atoms with E-state index < -0.39 is 5.41 Å². The van der Waals surface area contributed by atoms with Gasteiger partial charge in [0.05, 0.1) is 17.3 Å². The van der Waals surface area contributed by atoms with Crippen LogP contribution >= 0.6 is 0 Å². The van der Waals surface area contributed by atoms with Gasteiger partial charge in [0, 0.05) is 19.2 Å². The molecule has 0 fully saturated rings. The molecule has 0 unspecified atom stereocenters. The number of aromatic nitrogens is 2. The highest BCUT2D eigenvalue weighted by atomic mass is 16.2. The van der Waals surface area contributed by atoms with Gasteiger partial charge in [0.15, 0.2) is 0 Å². The molecule has 3 aromatic rings. The number of rotatable bonds is 3. The minimum Gasteiger partial charge on any atom is -0.400 e. The highest BCUT2D eigenvalue weighted by Gasteiger charge is 2.45. The number of aryl methyl sites for hydroxylation is 2. The molecular formula is C24H28N2O2. The molecule has 0 aliphatic heterocycles. The normalized spacial score (nSPS) is 17.6. The van der Waals surface area contributed by atoms with Gasteiger partial charge in [-0.3, -0.25) is 4.79 Å². The Labute approximate surface area is 166 Å². The number of hydrogen-bond acceptors (Lipinski definition) is 3. The number of aliphatic hydroxyl groups is 1. The van der Waals surface area contributed by atoms with Crippen molar-refractivity contribution in [1.29, 1.82) is 0 Å². The van der Waals surface area contributed by atoms with Gasteiger partial charge >= 0.3 is 0 Å². The summed E-state index contributed by atoms with van der Waals surface area (Å²) in [5, 5.41) is 11.6. The molecule has 2 aromatic carbocycles. The molecular weight excluding hydrogens is 348 g/mol. The SMILES string of the molecule is CC(=O)[C@@]1(c2cccc(C)c2C)Cc2cnn(-c3ccc(C)cc3)c2C1.CO. The average Bonchev–Trinajstić information content (AvgIpc) is 3.25. The van der Waals surface area contributed by atoms with Crippen molar-refractivity contribution in [2.24, 2.45) is 0 Å². The number of benzene rings is 2. The third-order valence-electron chi connectivity index (χ3n) is 5.99. The van der Waals surface area contributed by atoms with Gasteiger partial charge in [-0.2, -0.15) is 5.10 Å². The zero-order valence-corrected chi connectivity index (χ0v) is 17.3. The Morgan fingerprint density at radius 3 is 2.36 bits per heavy atom. The number of aliphatic hydroxyl groups excluding tert-OH is 1. The van der Waals surface area contributed by atoms with Crippen LogP contribution in [0.25, 0.3) is 5.69 Å². The van der Waals surface area contributed by atoms with Crippen LogP contribution in [0, 0.1) is 20.8 Å². The maximum absolute atomic E-state index is 12.9. The average molecular weight is 377 g/mol. The van der Waals surface area contributed by atoms with Crippen LogP contribution < -0.4 is 0 Å². The fourth-order valence-corrected chi connectivity index (χ4v) is 4.22. The molecule has 4 rings (SSSR count). The van der Waals surface area contributed by atoms with Crippen molar-refractivity contribution in [2.45, 2.75) is 46.0 Å². The van der Waals surface area contributed by atoms with Gasteiger partial charge in [0.1, 0.15) is 5.78 Å². The summed E-state index contributed by atoms with van der Waals surface area (Å²) >= 11 is 0. The zero-order chi connectivity index (χ0) is 20.5. The predicted molar refractivity (Wildman–Crippen MR) is 112 cm³/mol. The summed E-state index contributed by atoms with van der Waals surface area (Å²) < 4.78 is 2.00. The minimum atomic E-state index is -0.476. The Balaban J connectivity index is 0.00000109. The van der Waals surface area contributed by atoms with Crippen molar-refractivity contribution in [1.82, 2.24) is 9.78 Å². The van der Waals surface area contributed by atoms with Gasteiger partial charge in [-0.1, -0.05) is 35.9 Å². The molecule has 28 heavy (non-hydrogen) atoms. The van der Waals surface area contributed by atoms with Gasteiger partial charge in [-0.15, -0.1) is 0 Å². The first-order chi connectivity index (χ1) is 13.4. The van der Waals surface area contributed by atoms with Crippen LogP contribution in [-0.4, -0.2) is 27.8 Å². The number of fused-ring (bicyclic) bond motifs is 1. The quantitative estimate of drug-likeness (QED) is 0.751. The lowest BCUT2D eigenvalue weighted by atomic mass is 9.72. The smallest absolute Gasteiger partial charge is 0.141 e. The second-order valence-corrected chi connectivity index (χ2v) is 7.60. The summed E-state index contributed by atoms with van der Waals surface area (Å²) in [6.45, 7) is 8.06. The summed E-state index contributed by atoms with van der Waals surface area (Å²) in [7, 11) is 1.00. The van der Waals surface area contributed by atoms with Gasteiger partial charge in [-0.25, -0.2) is 4.68 Å². The number of carbonyl (C=O) groups is 1. The number of carbonyl (C=O) groups excluding carboxylic acids is 1. The summed E-state index contributed by atoms with van der Waals surface area (Å²) in [4.78, 5) is 12.9. The lowest BCUT2D eigenvalue weighted by Crippen LogP contribution is -2.36. The number of Topliss-reactive ketones (excluding diaryl/α,β-unsaturated/α-hetero) is 1. The van der Waals surface area contributed by atoms with Crippen LogP contribution in [0.3, 0.4) is 0 Å². The van der Waals surface area contributed by atoms with E-state index >= 15 is 0 Å². The molecule has 1 aromatic heterocycles. The van der Waals surface area contributed by atoms with Crippen LogP contribution in [0.15, 0.2) is 48.7 Å². The van der Waals surface area contributed by atoms with E-state index in [1.54, 1.807) is 6.92 Å². The molecule has 0 spiro atoms. The van der Waals surface area contributed by atoms with E-state index in [0.717, 1.165) is 30.5 Å². The molecule has 0 bridgehead atoms. The highest BCUT2D eigenvalue weighted by molar-refractivity contribution is 5.90. The summed E-state index contributed by atoms with van der Waals surface area (Å²) in [6.07, 6.45) is 3.37. The lowest BCUT2D eigenvalue weighted by molar-refractivity contribution is -0.122. The number of ketones is 1. The third-order valence-corrected chi connectivity index (χ3v) is 5.99. The van der Waals surface area contributed by atoms with Gasteiger partial charge < -0.3 is 5.11 Å². The Kier molecular flexibility index (Phi) is 5.52. The standard InChI is InChI=1S/C23H24N2O.CH4O/c1-15-8-10-20(11-9-15)25-22-13-23(18(4)26,12-19(22)14-24-25)21-7-5-6-16(2)17(21)3;1-2/h5-11,14H,12-13H2,1-4H3;2H,1H3/t23-;/m1./s1. The Morgan fingerprint density at radius 2 is 1.71 bits per heavy atom. The topological polar surface area (TPSA) is 55.1 Å². The van der Waals surface area contributed by atoms with Crippen LogP contribution in [0.1, 0.15) is 40.4 Å². The maximum Gasteiger partial charge on any atom is 0.141 e. The zero-order valence-electron chi connectivity index (χ0n) is 17.3. The number of hydrogen-bond donors (Lipinski definition) is 1. The Hall–Kier alpha value is -2.72. The second kappa shape index (κ2) is 7.72. The van der Waals surface area contributed by atoms with Crippen LogP contribution in [0.2, 0.25) is 0 Å². The monoisotopic (exact) mass is 376 g/mol. The molecule has 1 aliphatic carbocycles. The molecule has 146 valence electrons. The van der Waals surface area contributed by atoms with Gasteiger partial charge in [-0.05, 0) is 68.5 Å². The highest BCUT2D eigenvalue weighted by Crippen LogP contribution is 2.43. The predicted octanol–water partition coefficient (Wildman–Crippen LogP) is 4.03. The fraction of sp³-hybridized carbons (Fsp3) is 0.333. The molecule has 0 saturated carbocycles. The Morgan fingerprint density at radius 1 is 1.04 bits per heavy atom. The number of nitrogens with zero attached hydrogens (tertiary/aromatic N) is 2. The van der Waals surface area contributed by atoms with Crippen molar-refractivity contribution in [3.8, 4) is 5.69 Å². The first kappa shape index (κ1) is 20.0. The molecule has 1 atom stereocenters. The van der Waals surface area contributed by atoms with Gasteiger partial charge in [0.25, 0.3) is 0 Å². The van der Waals surface area contributed by atoms with Crippen LogP contribution in [0.4, 0.5) is 0 Å². The Bertz CT molecular complexity index is 1000. The first-order valence-corrected chi connectivity index (χ1v) is 9.58. The maximum atomic E-state index is 12.9. The van der Waals surface area contributed by atoms with Crippen molar-refractivity contribution in [2.75, 3.05) is 7.11 Å². The van der Waals surface area contributed by atoms with E-state index in [2.05, 4.69) is 68.3 Å². The van der Waals surface area contributed by atoms with Crippen LogP contribution in [0.5, 0.6) is 0 Å². The molecule has 1 heterocycles. The van der Waals surface area contributed by atoms with Crippen molar-refractivity contribution in [3.63, 3.8) is 0 Å². The van der Waals surface area contributed by atoms with E-state index in [1.807, 2.05) is 10.9 Å². The second-order valence-electron chi connectivity index (χ2n) is 7.60. The van der Waals surface area contributed by atoms with Crippen molar-refractivity contribution < 1.29 is 9.90 Å². The fourth-order valence-electron chi connectivity index (χ4n) is 4.22. The summed E-state index contributed by atoms with van der Waals surface area (Å²) in [5.41, 5.74) is 7.77. The molecule has 0 radical (unpaired) electrons. The molecule has 4 nitrogen and oxygen atoms in total. The summed E-state index contributed by atoms with van der Waals surface area (Å²) in [6, 6.07) is 14.7. The van der Waals surface area contributed by atoms with Crippen molar-refractivity contribution in [3.05, 3.63) is 82.2 Å². The largest absolute Gasteiger partial charge is 0.400 e. The molecule has 4 heteroatoms. The third kappa shape index (κ3) is 3.18.